The van der Waals surface area contributed by atoms with Crippen LogP contribution in [-0.2, 0) is 19.4 Å². The van der Waals surface area contributed by atoms with E-state index in [4.69, 9.17) is 0 Å². The first-order valence-corrected chi connectivity index (χ1v) is 10.7. The van der Waals surface area contributed by atoms with Crippen molar-refractivity contribution in [1.29, 1.82) is 0 Å². The van der Waals surface area contributed by atoms with Gasteiger partial charge in [-0.2, -0.15) is 0 Å². The second-order valence-corrected chi connectivity index (χ2v) is 7.46. The molecule has 0 heterocycles. The zero-order valence-corrected chi connectivity index (χ0v) is 16.7. The molecule has 0 aromatic heterocycles. The number of hydrogen-bond acceptors (Lipinski definition) is 2. The molecule has 0 saturated carbocycles. The van der Waals surface area contributed by atoms with Gasteiger partial charge in [0.1, 0.15) is 5.75 Å². The van der Waals surface area contributed by atoms with Crippen molar-refractivity contribution in [2.24, 2.45) is 0 Å². The van der Waals surface area contributed by atoms with Crippen LogP contribution < -0.4 is 0 Å². The molecule has 2 N–H and O–H groups in total. The summed E-state index contributed by atoms with van der Waals surface area (Å²) >= 11 is 0. The highest BCUT2D eigenvalue weighted by atomic mass is 16.3. The predicted octanol–water partition coefficient (Wildman–Crippen LogP) is 6.69. The van der Waals surface area contributed by atoms with Crippen LogP contribution in [0.4, 0.5) is 0 Å². The number of aliphatic hydroxyl groups is 1. The fourth-order valence-electron chi connectivity index (χ4n) is 3.50. The number of benzene rings is 1. The third-order valence-corrected chi connectivity index (χ3v) is 5.11. The Bertz CT molecular complexity index is 416. The summed E-state index contributed by atoms with van der Waals surface area (Å²) in [6, 6.07) is 3.98. The summed E-state index contributed by atoms with van der Waals surface area (Å²) in [5.74, 6) is 0.485. The molecule has 0 radical (unpaired) electrons. The molecule has 0 aliphatic rings. The minimum Gasteiger partial charge on any atom is -0.507 e. The summed E-state index contributed by atoms with van der Waals surface area (Å²) in [6.45, 7) is 4.54. The highest BCUT2D eigenvalue weighted by Crippen LogP contribution is 2.28. The highest BCUT2D eigenvalue weighted by molar-refractivity contribution is 5.44. The van der Waals surface area contributed by atoms with Crippen molar-refractivity contribution < 1.29 is 10.2 Å². The SMILES string of the molecule is CCCCCCCCc1cc(CO)cc(CCCCCCCC)c1O. The molecule has 2 heteroatoms. The second-order valence-electron chi connectivity index (χ2n) is 7.46. The minimum atomic E-state index is 0.0628. The van der Waals surface area contributed by atoms with Crippen molar-refractivity contribution in [3.8, 4) is 5.75 Å². The number of phenolic OH excluding ortho intramolecular Hbond substituents is 1. The lowest BCUT2D eigenvalue weighted by Crippen LogP contribution is -1.97. The van der Waals surface area contributed by atoms with E-state index in [9.17, 15) is 10.2 Å². The molecule has 0 fully saturated rings. The Morgan fingerprint density at radius 3 is 1.44 bits per heavy atom. The van der Waals surface area contributed by atoms with Crippen LogP contribution in [0.1, 0.15) is 108 Å². The third-order valence-electron chi connectivity index (χ3n) is 5.11. The predicted molar refractivity (Wildman–Crippen MR) is 108 cm³/mol. The molecule has 2 nitrogen and oxygen atoms in total. The molecule has 0 bridgehead atoms. The molecule has 25 heavy (non-hydrogen) atoms. The zero-order chi connectivity index (χ0) is 18.3. The van der Waals surface area contributed by atoms with E-state index in [0.717, 1.165) is 42.4 Å². The molecule has 1 aromatic rings. The number of hydrogen-bond donors (Lipinski definition) is 2. The van der Waals surface area contributed by atoms with E-state index in [1.165, 1.54) is 64.2 Å². The van der Waals surface area contributed by atoms with Gasteiger partial charge in [0.2, 0.25) is 0 Å². The van der Waals surface area contributed by atoms with E-state index < -0.39 is 0 Å². The maximum atomic E-state index is 10.6. The minimum absolute atomic E-state index is 0.0628. The van der Waals surface area contributed by atoms with E-state index in [2.05, 4.69) is 13.8 Å². The fraction of sp³-hybridized carbons (Fsp3) is 0.739. The summed E-state index contributed by atoms with van der Waals surface area (Å²) in [4.78, 5) is 0. The first-order chi connectivity index (χ1) is 12.2. The largest absolute Gasteiger partial charge is 0.507 e. The Balaban J connectivity index is 2.48. The number of phenols is 1. The van der Waals surface area contributed by atoms with Gasteiger partial charge in [-0.1, -0.05) is 78.1 Å². The van der Waals surface area contributed by atoms with Crippen molar-refractivity contribution in [1.82, 2.24) is 0 Å². The molecule has 0 unspecified atom stereocenters. The van der Waals surface area contributed by atoms with Gasteiger partial charge in [0.15, 0.2) is 0 Å². The van der Waals surface area contributed by atoms with Gasteiger partial charge in [0.05, 0.1) is 6.61 Å². The number of rotatable bonds is 15. The van der Waals surface area contributed by atoms with Gasteiger partial charge in [-0.3, -0.25) is 0 Å². The van der Waals surface area contributed by atoms with Crippen molar-refractivity contribution >= 4 is 0 Å². The van der Waals surface area contributed by atoms with Gasteiger partial charge >= 0.3 is 0 Å². The molecule has 0 aliphatic carbocycles. The monoisotopic (exact) mass is 348 g/mol. The molecular weight excluding hydrogens is 308 g/mol. The lowest BCUT2D eigenvalue weighted by Gasteiger charge is -2.13. The van der Waals surface area contributed by atoms with Crippen molar-refractivity contribution in [2.45, 2.75) is 110 Å². The van der Waals surface area contributed by atoms with Gasteiger partial charge < -0.3 is 10.2 Å². The molecule has 0 saturated heterocycles. The Morgan fingerprint density at radius 1 is 0.640 bits per heavy atom. The van der Waals surface area contributed by atoms with E-state index in [0.29, 0.717) is 5.75 Å². The molecule has 1 aromatic carbocycles. The molecule has 0 atom stereocenters. The number of aromatic hydroxyl groups is 1. The van der Waals surface area contributed by atoms with Crippen LogP contribution >= 0.6 is 0 Å². The van der Waals surface area contributed by atoms with Crippen LogP contribution in [0.2, 0.25) is 0 Å². The first kappa shape index (κ1) is 22.0. The smallest absolute Gasteiger partial charge is 0.121 e. The Hall–Kier alpha value is -1.02. The normalized spacial score (nSPS) is 11.2. The summed E-state index contributed by atoms with van der Waals surface area (Å²) in [5, 5.41) is 20.1. The van der Waals surface area contributed by atoms with Crippen LogP contribution in [-0.4, -0.2) is 10.2 Å². The van der Waals surface area contributed by atoms with Gasteiger partial charge in [0, 0.05) is 0 Å². The maximum Gasteiger partial charge on any atom is 0.121 e. The Morgan fingerprint density at radius 2 is 1.04 bits per heavy atom. The lowest BCUT2D eigenvalue weighted by molar-refractivity contribution is 0.281. The van der Waals surface area contributed by atoms with E-state index >= 15 is 0 Å². The Kier molecular flexibility index (Phi) is 12.5. The summed E-state index contributed by atoms with van der Waals surface area (Å²) < 4.78 is 0. The van der Waals surface area contributed by atoms with Crippen molar-refractivity contribution in [3.63, 3.8) is 0 Å². The van der Waals surface area contributed by atoms with Gasteiger partial charge in [-0.25, -0.2) is 0 Å². The summed E-state index contributed by atoms with van der Waals surface area (Å²) in [5.41, 5.74) is 3.01. The molecule has 0 spiro atoms. The zero-order valence-electron chi connectivity index (χ0n) is 16.7. The number of unbranched alkanes of at least 4 members (excludes halogenated alkanes) is 10. The second kappa shape index (κ2) is 14.2. The van der Waals surface area contributed by atoms with Crippen LogP contribution in [0.15, 0.2) is 12.1 Å². The average Bonchev–Trinajstić information content (AvgIpc) is 2.63. The van der Waals surface area contributed by atoms with E-state index in [-0.39, 0.29) is 6.61 Å². The average molecular weight is 349 g/mol. The molecule has 0 aliphatic heterocycles. The van der Waals surface area contributed by atoms with Gasteiger partial charge in [0.25, 0.3) is 0 Å². The Labute approximate surface area is 155 Å². The molecular formula is C23H40O2. The van der Waals surface area contributed by atoms with Crippen LogP contribution in [0.5, 0.6) is 5.75 Å². The van der Waals surface area contributed by atoms with E-state index in [1.54, 1.807) is 0 Å². The van der Waals surface area contributed by atoms with Crippen LogP contribution in [0.25, 0.3) is 0 Å². The fourth-order valence-corrected chi connectivity index (χ4v) is 3.50. The quantitative estimate of drug-likeness (QED) is 0.347. The van der Waals surface area contributed by atoms with Gasteiger partial charge in [-0.15, -0.1) is 0 Å². The van der Waals surface area contributed by atoms with E-state index in [1.807, 2.05) is 12.1 Å². The summed E-state index contributed by atoms with van der Waals surface area (Å²) in [6.07, 6.45) is 17.0. The molecule has 1 rings (SSSR count). The highest BCUT2D eigenvalue weighted by Gasteiger charge is 2.10. The topological polar surface area (TPSA) is 40.5 Å². The van der Waals surface area contributed by atoms with Gasteiger partial charge in [-0.05, 0) is 54.5 Å². The van der Waals surface area contributed by atoms with Crippen LogP contribution in [0, 0.1) is 0 Å². The standard InChI is InChI=1S/C23H40O2/c1-3-5-7-9-11-13-15-21-17-20(19-24)18-22(23(21)25)16-14-12-10-8-6-4-2/h17-18,24-25H,3-16,19H2,1-2H3. The molecule has 144 valence electrons. The molecule has 0 amide bonds. The van der Waals surface area contributed by atoms with Crippen molar-refractivity contribution in [3.05, 3.63) is 28.8 Å². The van der Waals surface area contributed by atoms with Crippen molar-refractivity contribution in [2.75, 3.05) is 0 Å². The van der Waals surface area contributed by atoms with Crippen LogP contribution in [0.3, 0.4) is 0 Å². The number of aryl methyl sites for hydroxylation is 2. The first-order valence-electron chi connectivity index (χ1n) is 10.7. The third kappa shape index (κ3) is 9.30. The number of aliphatic hydroxyl groups excluding tert-OH is 1. The maximum absolute atomic E-state index is 10.6. The lowest BCUT2D eigenvalue weighted by atomic mass is 9.96. The summed E-state index contributed by atoms with van der Waals surface area (Å²) in [7, 11) is 0.